The van der Waals surface area contributed by atoms with Crippen molar-refractivity contribution < 1.29 is 84.5 Å². The van der Waals surface area contributed by atoms with Crippen molar-refractivity contribution in [3.05, 3.63) is 29.8 Å². The van der Waals surface area contributed by atoms with Gasteiger partial charge in [0.25, 0.3) is 0 Å². The van der Waals surface area contributed by atoms with Crippen molar-refractivity contribution in [2.75, 3.05) is 6.61 Å². The lowest BCUT2D eigenvalue weighted by atomic mass is 9.91. The Labute approximate surface area is 220 Å². The van der Waals surface area contributed by atoms with Gasteiger partial charge in [-0.2, -0.15) is 70.2 Å². The number of alkyl halides is 16. The Bertz CT molecular complexity index is 1050. The topological polar surface area (TPSA) is 35.5 Å². The first-order valence-electron chi connectivity index (χ1n) is 11.0. The number of esters is 1. The van der Waals surface area contributed by atoms with Gasteiger partial charge >= 0.3 is 54.0 Å². The molecule has 0 aromatic heterocycles. The number of carbonyl (C=O) groups excluding carboxylic acids is 1. The van der Waals surface area contributed by atoms with Gasteiger partial charge in [0.15, 0.2) is 0 Å². The van der Waals surface area contributed by atoms with Crippen LogP contribution in [0.15, 0.2) is 24.3 Å². The second kappa shape index (κ2) is 11.2. The van der Waals surface area contributed by atoms with Crippen LogP contribution in [0.3, 0.4) is 0 Å². The Morgan fingerprint density at radius 1 is 0.707 bits per heavy atom. The monoisotopic (exact) mass is 636 g/mol. The highest BCUT2D eigenvalue weighted by Crippen LogP contribution is 2.62. The van der Waals surface area contributed by atoms with Gasteiger partial charge in [-0.15, -0.1) is 0 Å². The quantitative estimate of drug-likeness (QED) is 0.162. The summed E-state index contributed by atoms with van der Waals surface area (Å²) < 4.78 is 221. The summed E-state index contributed by atoms with van der Waals surface area (Å²) in [5.74, 6) is -50.5. The van der Waals surface area contributed by atoms with Crippen LogP contribution in [0.5, 0.6) is 5.75 Å². The van der Waals surface area contributed by atoms with Gasteiger partial charge < -0.3 is 9.47 Å². The van der Waals surface area contributed by atoms with E-state index in [2.05, 4.69) is 4.74 Å². The molecule has 19 heteroatoms. The predicted octanol–water partition coefficient (Wildman–Crippen LogP) is 8.26. The molecule has 0 aliphatic rings. The van der Waals surface area contributed by atoms with E-state index in [4.69, 9.17) is 4.74 Å². The molecule has 0 fully saturated rings. The van der Waals surface area contributed by atoms with Crippen LogP contribution in [0.4, 0.5) is 70.2 Å². The first-order valence-corrected chi connectivity index (χ1v) is 11.0. The van der Waals surface area contributed by atoms with Crippen LogP contribution in [0.1, 0.15) is 32.8 Å². The van der Waals surface area contributed by atoms with E-state index in [-0.39, 0.29) is 18.6 Å². The molecular formula is C22H20F16O3. The zero-order valence-corrected chi connectivity index (χ0v) is 20.8. The predicted molar refractivity (Wildman–Crippen MR) is 106 cm³/mol. The molecule has 41 heavy (non-hydrogen) atoms. The van der Waals surface area contributed by atoms with E-state index in [1.54, 1.807) is 20.8 Å². The van der Waals surface area contributed by atoms with Crippen molar-refractivity contribution >= 4 is 5.97 Å². The molecule has 3 nitrogen and oxygen atoms in total. The molecule has 0 aliphatic carbocycles. The smallest absolute Gasteiger partial charge is 0.460 e. The summed E-state index contributed by atoms with van der Waals surface area (Å²) in [6.45, 7) is 4.62. The minimum Gasteiger partial charge on any atom is -0.465 e. The molecule has 0 bridgehead atoms. The third-order valence-electron chi connectivity index (χ3n) is 5.86. The van der Waals surface area contributed by atoms with Crippen molar-refractivity contribution in [1.82, 2.24) is 0 Å². The standard InChI is InChI=1S/C22H20F16O3/c1-4-15(2,3)14(39)40-10-9-11-5-7-12(8-6-11)41-13(23)16(24,25)17(26,27)18(28,29)19(30,31)20(32,33)21(34,35)22(36,37)38/h5-8,13H,4,9-10H2,1-3H3. The van der Waals surface area contributed by atoms with Gasteiger partial charge in [0.1, 0.15) is 5.75 Å². The number of ether oxygens (including phenoxy) is 2. The number of benzene rings is 1. The minimum absolute atomic E-state index is 0.0584. The van der Waals surface area contributed by atoms with Gasteiger partial charge in [0.2, 0.25) is 0 Å². The van der Waals surface area contributed by atoms with Crippen molar-refractivity contribution in [3.63, 3.8) is 0 Å². The lowest BCUT2D eigenvalue weighted by Crippen LogP contribution is -2.73. The average Bonchev–Trinajstić information content (AvgIpc) is 2.83. The Morgan fingerprint density at radius 3 is 1.54 bits per heavy atom. The molecule has 0 spiro atoms. The summed E-state index contributed by atoms with van der Waals surface area (Å²) in [5.41, 5.74) is -0.622. The maximum Gasteiger partial charge on any atom is 0.460 e. The summed E-state index contributed by atoms with van der Waals surface area (Å²) in [5, 5.41) is 0. The molecule has 1 atom stereocenters. The van der Waals surface area contributed by atoms with Crippen LogP contribution in [0.2, 0.25) is 0 Å². The molecule has 1 aromatic rings. The Morgan fingerprint density at radius 2 is 1.12 bits per heavy atom. The second-order valence-corrected chi connectivity index (χ2v) is 9.19. The highest BCUT2D eigenvalue weighted by atomic mass is 19.4. The van der Waals surface area contributed by atoms with Crippen molar-refractivity contribution in [3.8, 4) is 5.75 Å². The number of hydrogen-bond donors (Lipinski definition) is 0. The molecule has 1 rings (SSSR count). The first kappa shape index (κ1) is 36.4. The third kappa shape index (κ3) is 6.27. The van der Waals surface area contributed by atoms with E-state index < -0.39 is 65.2 Å². The van der Waals surface area contributed by atoms with Crippen molar-refractivity contribution in [2.24, 2.45) is 5.41 Å². The highest BCUT2D eigenvalue weighted by molar-refractivity contribution is 5.75. The van der Waals surface area contributed by atoms with Gasteiger partial charge in [-0.25, -0.2) is 0 Å². The zero-order valence-electron chi connectivity index (χ0n) is 20.8. The minimum atomic E-state index is -8.52. The van der Waals surface area contributed by atoms with E-state index in [9.17, 15) is 75.0 Å². The lowest BCUT2D eigenvalue weighted by Gasteiger charge is -2.41. The molecule has 238 valence electrons. The summed E-state index contributed by atoms with van der Waals surface area (Å²) in [7, 11) is 0. The molecule has 0 aliphatic heterocycles. The normalized spacial score (nSPS) is 15.5. The summed E-state index contributed by atoms with van der Waals surface area (Å²) in [6, 6.07) is 2.97. The van der Waals surface area contributed by atoms with E-state index >= 15 is 0 Å². The Balaban J connectivity index is 3.15. The Kier molecular flexibility index (Phi) is 9.96. The molecule has 0 heterocycles. The highest BCUT2D eigenvalue weighted by Gasteiger charge is 2.94. The van der Waals surface area contributed by atoms with E-state index in [0.29, 0.717) is 18.6 Å². The van der Waals surface area contributed by atoms with Crippen LogP contribution < -0.4 is 4.74 Å². The fraction of sp³-hybridized carbons (Fsp3) is 0.682. The number of hydrogen-bond acceptors (Lipinski definition) is 3. The van der Waals surface area contributed by atoms with E-state index in [0.717, 1.165) is 12.1 Å². The van der Waals surface area contributed by atoms with Crippen LogP contribution in [-0.4, -0.2) is 60.6 Å². The molecule has 0 saturated carbocycles. The molecular weight excluding hydrogens is 616 g/mol. The van der Waals surface area contributed by atoms with Gasteiger partial charge in [0, 0.05) is 6.42 Å². The summed E-state index contributed by atoms with van der Waals surface area (Å²) in [4.78, 5) is 11.9. The van der Waals surface area contributed by atoms with Gasteiger partial charge in [0.05, 0.1) is 12.0 Å². The second-order valence-electron chi connectivity index (χ2n) is 9.19. The maximum absolute atomic E-state index is 13.9. The Hall–Kier alpha value is -2.63. The molecule has 0 amide bonds. The third-order valence-corrected chi connectivity index (χ3v) is 5.86. The van der Waals surface area contributed by atoms with E-state index in [1.165, 1.54) is 0 Å². The van der Waals surface area contributed by atoms with Crippen LogP contribution in [0, 0.1) is 5.41 Å². The molecule has 1 unspecified atom stereocenters. The van der Waals surface area contributed by atoms with Crippen LogP contribution in [0.25, 0.3) is 0 Å². The fourth-order valence-electron chi connectivity index (χ4n) is 2.65. The zero-order chi connectivity index (χ0) is 32.7. The average molecular weight is 636 g/mol. The fourth-order valence-corrected chi connectivity index (χ4v) is 2.65. The maximum atomic E-state index is 13.9. The van der Waals surface area contributed by atoms with Crippen molar-refractivity contribution in [1.29, 1.82) is 0 Å². The number of carbonyl (C=O) groups is 1. The van der Waals surface area contributed by atoms with Crippen molar-refractivity contribution in [2.45, 2.75) is 81.7 Å². The molecule has 0 radical (unpaired) electrons. The SMILES string of the molecule is CCC(C)(C)C(=O)OCCc1ccc(OC(F)C(F)(F)C(F)(F)C(F)(F)C(F)(F)C(F)(F)C(F)(F)C(F)(F)F)cc1. The van der Waals surface area contributed by atoms with Crippen LogP contribution in [-0.2, 0) is 16.0 Å². The molecule has 1 aromatic carbocycles. The van der Waals surface area contributed by atoms with Crippen LogP contribution >= 0.6 is 0 Å². The number of rotatable bonds is 13. The van der Waals surface area contributed by atoms with Gasteiger partial charge in [-0.05, 0) is 38.0 Å². The summed E-state index contributed by atoms with van der Waals surface area (Å²) in [6.07, 6.45) is -12.4. The summed E-state index contributed by atoms with van der Waals surface area (Å²) >= 11 is 0. The molecule has 0 N–H and O–H groups in total. The lowest BCUT2D eigenvalue weighted by molar-refractivity contribution is -0.457. The first-order chi connectivity index (χ1) is 18.1. The van der Waals surface area contributed by atoms with Gasteiger partial charge in [-0.1, -0.05) is 19.1 Å². The molecule has 0 saturated heterocycles. The number of halogens is 16. The van der Waals surface area contributed by atoms with Gasteiger partial charge in [-0.3, -0.25) is 4.79 Å². The van der Waals surface area contributed by atoms with E-state index in [1.807, 2.05) is 0 Å². The largest absolute Gasteiger partial charge is 0.465 e.